The van der Waals surface area contributed by atoms with Crippen LogP contribution in [-0.4, -0.2) is 65.8 Å². The topological polar surface area (TPSA) is 192 Å². The van der Waals surface area contributed by atoms with Crippen LogP contribution in [0.3, 0.4) is 0 Å². The number of guanidine groups is 1. The number of oxazole rings is 1. The molecule has 0 aliphatic carbocycles. The Kier molecular flexibility index (Phi) is 9.17. The molecule has 6 N–H and O–H groups in total. The predicted octanol–water partition coefficient (Wildman–Crippen LogP) is 1.72. The van der Waals surface area contributed by atoms with E-state index in [-0.39, 0.29) is 23.8 Å². The third kappa shape index (κ3) is 7.04. The Labute approximate surface area is 232 Å². The van der Waals surface area contributed by atoms with Gasteiger partial charge in [-0.05, 0) is 55.5 Å². The second-order valence-corrected chi connectivity index (χ2v) is 11.4. The number of carbonyl (C=O) groups is 2. The molecular formula is C27H32N6O6S. The number of carboxylic acid groups (broad SMARTS) is 1. The molecule has 1 aliphatic rings. The summed E-state index contributed by atoms with van der Waals surface area (Å²) in [5, 5.41) is 22.2. The molecule has 3 aromatic rings. The van der Waals surface area contributed by atoms with Gasteiger partial charge in [-0.15, -0.1) is 0 Å². The maximum atomic E-state index is 13.1. The molecule has 0 saturated carbocycles. The van der Waals surface area contributed by atoms with Gasteiger partial charge in [-0.3, -0.25) is 10.2 Å². The lowest BCUT2D eigenvalue weighted by Crippen LogP contribution is -2.51. The van der Waals surface area contributed by atoms with Crippen molar-refractivity contribution in [1.82, 2.24) is 19.9 Å². The molecule has 0 unspecified atom stereocenters. The highest BCUT2D eigenvalue weighted by Crippen LogP contribution is 2.26. The van der Waals surface area contributed by atoms with E-state index in [1.165, 1.54) is 12.1 Å². The molecule has 13 heteroatoms. The van der Waals surface area contributed by atoms with Gasteiger partial charge >= 0.3 is 5.97 Å². The SMILES string of the molecule is N=C(N)NCCCc1coc(-c2ccc(C[C@H](NC(=O)[C@@H]3CCCN3S(=O)(=O)c3ccccc3)C(=O)O)cc2)n1. The summed E-state index contributed by atoms with van der Waals surface area (Å²) in [7, 11) is -3.89. The van der Waals surface area contributed by atoms with Crippen molar-refractivity contribution in [3.63, 3.8) is 0 Å². The molecule has 0 radical (unpaired) electrons. The Morgan fingerprint density at radius 1 is 1.18 bits per heavy atom. The third-order valence-corrected chi connectivity index (χ3v) is 8.51. The minimum atomic E-state index is -3.89. The van der Waals surface area contributed by atoms with Gasteiger partial charge in [0.2, 0.25) is 21.8 Å². The van der Waals surface area contributed by atoms with Gasteiger partial charge in [-0.1, -0.05) is 30.3 Å². The largest absolute Gasteiger partial charge is 0.480 e. The smallest absolute Gasteiger partial charge is 0.326 e. The second kappa shape index (κ2) is 12.7. The first kappa shape index (κ1) is 28.8. The van der Waals surface area contributed by atoms with Gasteiger partial charge in [-0.25, -0.2) is 18.2 Å². The first-order valence-corrected chi connectivity index (χ1v) is 14.3. The van der Waals surface area contributed by atoms with E-state index < -0.39 is 34.0 Å². The molecule has 4 rings (SSSR count). The minimum Gasteiger partial charge on any atom is -0.480 e. The summed E-state index contributed by atoms with van der Waals surface area (Å²) in [6, 6.07) is 12.6. The molecule has 2 aromatic carbocycles. The second-order valence-electron chi connectivity index (χ2n) is 9.48. The summed E-state index contributed by atoms with van der Waals surface area (Å²) >= 11 is 0. The van der Waals surface area contributed by atoms with Crippen LogP contribution in [0.25, 0.3) is 11.5 Å². The highest BCUT2D eigenvalue weighted by Gasteiger charge is 2.40. The number of aryl methyl sites for hydroxylation is 1. The highest BCUT2D eigenvalue weighted by atomic mass is 32.2. The zero-order chi connectivity index (χ0) is 28.7. The molecular weight excluding hydrogens is 536 g/mol. The highest BCUT2D eigenvalue weighted by molar-refractivity contribution is 7.89. The van der Waals surface area contributed by atoms with Gasteiger partial charge in [0, 0.05) is 25.1 Å². The van der Waals surface area contributed by atoms with Gasteiger partial charge in [-0.2, -0.15) is 4.31 Å². The van der Waals surface area contributed by atoms with E-state index in [2.05, 4.69) is 15.6 Å². The number of benzene rings is 2. The molecule has 1 amide bonds. The van der Waals surface area contributed by atoms with E-state index in [1.54, 1.807) is 48.7 Å². The Hall–Kier alpha value is -4.23. The van der Waals surface area contributed by atoms with Gasteiger partial charge in [0.25, 0.3) is 0 Å². The van der Waals surface area contributed by atoms with Crippen LogP contribution in [0.4, 0.5) is 0 Å². The van der Waals surface area contributed by atoms with Crippen LogP contribution in [0, 0.1) is 5.41 Å². The number of nitrogens with one attached hydrogen (secondary N) is 3. The number of rotatable bonds is 12. The summed E-state index contributed by atoms with van der Waals surface area (Å²) in [6.45, 7) is 0.738. The zero-order valence-corrected chi connectivity index (χ0v) is 22.6. The van der Waals surface area contributed by atoms with Crippen molar-refractivity contribution in [2.24, 2.45) is 5.73 Å². The Bertz CT molecular complexity index is 1440. The number of sulfonamides is 1. The Morgan fingerprint density at radius 2 is 1.90 bits per heavy atom. The van der Waals surface area contributed by atoms with E-state index in [0.717, 1.165) is 16.4 Å². The molecule has 1 saturated heterocycles. The maximum Gasteiger partial charge on any atom is 0.326 e. The summed E-state index contributed by atoms with van der Waals surface area (Å²) in [5.74, 6) is -1.51. The fourth-order valence-electron chi connectivity index (χ4n) is 4.55. The number of nitrogens with two attached hydrogens (primary N) is 1. The van der Waals surface area contributed by atoms with Crippen molar-refractivity contribution in [2.45, 2.75) is 49.1 Å². The average molecular weight is 569 g/mol. The van der Waals surface area contributed by atoms with Crippen LogP contribution in [0.15, 0.2) is 70.2 Å². The number of aliphatic carboxylic acids is 1. The van der Waals surface area contributed by atoms with Gasteiger partial charge in [0.05, 0.1) is 10.6 Å². The molecule has 1 fully saturated rings. The van der Waals surface area contributed by atoms with Gasteiger partial charge in [0.15, 0.2) is 5.96 Å². The number of amides is 1. The van der Waals surface area contributed by atoms with Crippen LogP contribution in [-0.2, 0) is 32.5 Å². The molecule has 212 valence electrons. The average Bonchev–Trinajstić information content (AvgIpc) is 3.62. The first-order valence-electron chi connectivity index (χ1n) is 12.9. The molecule has 0 bridgehead atoms. The van der Waals surface area contributed by atoms with Crippen molar-refractivity contribution in [3.05, 3.63) is 72.1 Å². The van der Waals surface area contributed by atoms with Gasteiger partial charge in [0.1, 0.15) is 18.3 Å². The standard InChI is InChI=1S/C27H32N6O6S/c28-27(29)30-14-4-6-20-17-39-25(31-20)19-12-10-18(11-13-19)16-22(26(35)36)32-24(34)23-9-5-15-33(23)40(37,38)21-7-2-1-3-8-21/h1-3,7-8,10-13,17,22-23H,4-6,9,14-16H2,(H,32,34)(H,35,36)(H4,28,29,30)/t22-,23-/m0/s1. The molecule has 0 spiro atoms. The summed E-state index contributed by atoms with van der Waals surface area (Å²) in [6.07, 6.45) is 3.76. The van der Waals surface area contributed by atoms with E-state index in [1.807, 2.05) is 0 Å². The van der Waals surface area contributed by atoms with Crippen LogP contribution in [0.1, 0.15) is 30.5 Å². The number of carbonyl (C=O) groups excluding carboxylic acids is 1. The number of hydrogen-bond acceptors (Lipinski definition) is 7. The summed E-state index contributed by atoms with van der Waals surface area (Å²) in [4.78, 5) is 29.6. The number of hydrogen-bond donors (Lipinski definition) is 5. The monoisotopic (exact) mass is 568 g/mol. The van der Waals surface area contributed by atoms with Crippen LogP contribution >= 0.6 is 0 Å². The molecule has 12 nitrogen and oxygen atoms in total. The Balaban J connectivity index is 1.37. The van der Waals surface area contributed by atoms with Crippen LogP contribution < -0.4 is 16.4 Å². The van der Waals surface area contributed by atoms with Gasteiger partial charge < -0.3 is 25.9 Å². The molecule has 40 heavy (non-hydrogen) atoms. The summed E-state index contributed by atoms with van der Waals surface area (Å²) < 4.78 is 32.9. The Morgan fingerprint density at radius 3 is 2.58 bits per heavy atom. The lowest BCUT2D eigenvalue weighted by molar-refractivity contribution is -0.142. The van der Waals surface area contributed by atoms with Crippen molar-refractivity contribution in [1.29, 1.82) is 5.41 Å². The third-order valence-electron chi connectivity index (χ3n) is 6.59. The van der Waals surface area contributed by atoms with Crippen molar-refractivity contribution in [3.8, 4) is 11.5 Å². The molecule has 2 heterocycles. The van der Waals surface area contributed by atoms with Crippen molar-refractivity contribution < 1.29 is 27.5 Å². The summed E-state index contributed by atoms with van der Waals surface area (Å²) in [5.41, 5.74) is 7.40. The van der Waals surface area contributed by atoms with E-state index in [4.69, 9.17) is 15.6 Å². The lowest BCUT2D eigenvalue weighted by Gasteiger charge is -2.25. The van der Waals surface area contributed by atoms with E-state index >= 15 is 0 Å². The van der Waals surface area contributed by atoms with E-state index in [9.17, 15) is 23.1 Å². The number of aromatic nitrogens is 1. The first-order chi connectivity index (χ1) is 19.1. The number of carboxylic acids is 1. The fourth-order valence-corrected chi connectivity index (χ4v) is 6.23. The quantitative estimate of drug-likeness (QED) is 0.123. The number of nitrogens with zero attached hydrogens (tertiary/aromatic N) is 2. The zero-order valence-electron chi connectivity index (χ0n) is 21.7. The van der Waals surface area contributed by atoms with Crippen molar-refractivity contribution >= 4 is 27.9 Å². The van der Waals surface area contributed by atoms with E-state index in [0.29, 0.717) is 42.8 Å². The van der Waals surface area contributed by atoms with Crippen molar-refractivity contribution in [2.75, 3.05) is 13.1 Å². The minimum absolute atomic E-state index is 0.0134. The van der Waals surface area contributed by atoms with Crippen LogP contribution in [0.5, 0.6) is 0 Å². The maximum absolute atomic E-state index is 13.1. The normalized spacial score (nSPS) is 16.4. The predicted molar refractivity (Wildman–Crippen MR) is 147 cm³/mol. The lowest BCUT2D eigenvalue weighted by atomic mass is 10.0. The molecule has 2 atom stereocenters. The van der Waals surface area contributed by atoms with Crippen LogP contribution in [0.2, 0.25) is 0 Å². The fraction of sp³-hybridized carbons (Fsp3) is 0.333. The molecule has 1 aliphatic heterocycles. The molecule has 1 aromatic heterocycles.